The molecule has 0 fully saturated rings. The molecule has 1 aliphatic heterocycles. The molecule has 0 atom stereocenters. The molecule has 0 aromatic heterocycles. The van der Waals surface area contributed by atoms with Gasteiger partial charge in [-0.05, 0) is 0 Å². The highest BCUT2D eigenvalue weighted by Gasteiger charge is 2.20. The van der Waals surface area contributed by atoms with Gasteiger partial charge in [0.1, 0.15) is 6.61 Å². The van der Waals surface area contributed by atoms with Gasteiger partial charge in [-0.3, -0.25) is 9.63 Å². The first-order valence-corrected chi connectivity index (χ1v) is 3.26. The number of carbonyl (C=O) groups excluding carboxylic acids is 1. The van der Waals surface area contributed by atoms with Gasteiger partial charge in [0, 0.05) is 13.5 Å². The van der Waals surface area contributed by atoms with Gasteiger partial charge < -0.3 is 4.84 Å². The zero-order chi connectivity index (χ0) is 8.27. The first kappa shape index (κ1) is 8.00. The van der Waals surface area contributed by atoms with Gasteiger partial charge in [0.25, 0.3) is 5.91 Å². The van der Waals surface area contributed by atoms with Crippen molar-refractivity contribution in [1.82, 2.24) is 5.06 Å². The SMILES string of the molecule is CON(C)C(=O)C1=NOCC1. The van der Waals surface area contributed by atoms with Crippen molar-refractivity contribution in [1.29, 1.82) is 0 Å². The van der Waals surface area contributed by atoms with E-state index in [2.05, 4.69) is 14.8 Å². The molecule has 1 amide bonds. The predicted octanol–water partition coefficient (Wildman–Crippen LogP) is -0.218. The van der Waals surface area contributed by atoms with Crippen LogP contribution in [0.1, 0.15) is 6.42 Å². The summed E-state index contributed by atoms with van der Waals surface area (Å²) in [5, 5.41) is 4.67. The summed E-state index contributed by atoms with van der Waals surface area (Å²) >= 11 is 0. The van der Waals surface area contributed by atoms with Crippen LogP contribution in [0, 0.1) is 0 Å². The van der Waals surface area contributed by atoms with E-state index in [1.165, 1.54) is 14.2 Å². The maximum absolute atomic E-state index is 11.2. The Kier molecular flexibility index (Phi) is 2.43. The Morgan fingerprint density at radius 3 is 3.00 bits per heavy atom. The van der Waals surface area contributed by atoms with Crippen LogP contribution in [0.5, 0.6) is 0 Å². The molecule has 0 unspecified atom stereocenters. The second-order valence-electron chi connectivity index (χ2n) is 2.11. The van der Waals surface area contributed by atoms with Crippen LogP contribution >= 0.6 is 0 Å². The standard InChI is InChI=1S/C6H10N2O3/c1-8(10-2)6(9)5-3-4-11-7-5/h3-4H2,1-2H3. The maximum atomic E-state index is 11.2. The van der Waals surface area contributed by atoms with Crippen LogP contribution in [0.2, 0.25) is 0 Å². The topological polar surface area (TPSA) is 51.1 Å². The number of oxime groups is 1. The van der Waals surface area contributed by atoms with E-state index in [0.717, 1.165) is 5.06 Å². The van der Waals surface area contributed by atoms with Crippen molar-refractivity contribution in [2.45, 2.75) is 6.42 Å². The van der Waals surface area contributed by atoms with Crippen LogP contribution in [0.25, 0.3) is 0 Å². The van der Waals surface area contributed by atoms with Crippen molar-refractivity contribution in [2.75, 3.05) is 20.8 Å². The summed E-state index contributed by atoms with van der Waals surface area (Å²) in [5.41, 5.74) is 0.411. The summed E-state index contributed by atoms with van der Waals surface area (Å²) in [6, 6.07) is 0. The van der Waals surface area contributed by atoms with E-state index in [9.17, 15) is 4.79 Å². The molecule has 0 aromatic carbocycles. The lowest BCUT2D eigenvalue weighted by Crippen LogP contribution is -2.31. The van der Waals surface area contributed by atoms with Gasteiger partial charge in [-0.2, -0.15) is 0 Å². The lowest BCUT2D eigenvalue weighted by Gasteiger charge is -2.11. The number of hydroxylamine groups is 2. The van der Waals surface area contributed by atoms with Crippen molar-refractivity contribution in [3.63, 3.8) is 0 Å². The fourth-order valence-corrected chi connectivity index (χ4v) is 0.722. The third-order valence-corrected chi connectivity index (χ3v) is 1.41. The van der Waals surface area contributed by atoms with E-state index in [1.807, 2.05) is 0 Å². The maximum Gasteiger partial charge on any atom is 0.295 e. The van der Waals surface area contributed by atoms with Crippen molar-refractivity contribution in [3.05, 3.63) is 0 Å². The third-order valence-electron chi connectivity index (χ3n) is 1.41. The molecular formula is C6H10N2O3. The largest absolute Gasteiger partial charge is 0.395 e. The molecule has 0 radical (unpaired) electrons. The van der Waals surface area contributed by atoms with Gasteiger partial charge in [-0.1, -0.05) is 5.16 Å². The second-order valence-corrected chi connectivity index (χ2v) is 2.11. The third kappa shape index (κ3) is 1.68. The fourth-order valence-electron chi connectivity index (χ4n) is 0.722. The molecule has 0 aromatic rings. The first-order chi connectivity index (χ1) is 5.25. The Morgan fingerprint density at radius 2 is 2.55 bits per heavy atom. The Hall–Kier alpha value is -1.10. The highest BCUT2D eigenvalue weighted by Crippen LogP contribution is 2.02. The summed E-state index contributed by atoms with van der Waals surface area (Å²) in [5.74, 6) is -0.245. The van der Waals surface area contributed by atoms with Crippen LogP contribution in [0.15, 0.2) is 5.16 Å². The van der Waals surface area contributed by atoms with E-state index >= 15 is 0 Å². The monoisotopic (exact) mass is 158 g/mol. The molecule has 11 heavy (non-hydrogen) atoms. The molecule has 0 spiro atoms. The summed E-state index contributed by atoms with van der Waals surface area (Å²) in [6.45, 7) is 0.485. The van der Waals surface area contributed by atoms with E-state index in [-0.39, 0.29) is 5.91 Å². The summed E-state index contributed by atoms with van der Waals surface area (Å²) in [7, 11) is 2.96. The van der Waals surface area contributed by atoms with Gasteiger partial charge in [0.05, 0.1) is 7.11 Å². The molecule has 1 aliphatic rings. The van der Waals surface area contributed by atoms with Gasteiger partial charge in [0.15, 0.2) is 5.71 Å². The number of nitrogens with zero attached hydrogens (tertiary/aromatic N) is 2. The van der Waals surface area contributed by atoms with E-state index in [0.29, 0.717) is 18.7 Å². The molecule has 1 rings (SSSR count). The molecule has 0 bridgehead atoms. The molecule has 5 nitrogen and oxygen atoms in total. The van der Waals surface area contributed by atoms with Gasteiger partial charge in [0.2, 0.25) is 0 Å². The number of hydrogen-bond donors (Lipinski definition) is 0. The van der Waals surface area contributed by atoms with Gasteiger partial charge in [-0.15, -0.1) is 0 Å². The first-order valence-electron chi connectivity index (χ1n) is 3.26. The van der Waals surface area contributed by atoms with Gasteiger partial charge >= 0.3 is 0 Å². The normalized spacial score (nSPS) is 15.6. The van der Waals surface area contributed by atoms with Crippen molar-refractivity contribution in [3.8, 4) is 0 Å². The molecule has 0 saturated heterocycles. The average Bonchev–Trinajstić information content (AvgIpc) is 2.53. The minimum atomic E-state index is -0.245. The van der Waals surface area contributed by atoms with Crippen LogP contribution in [0.4, 0.5) is 0 Å². The lowest BCUT2D eigenvalue weighted by atomic mass is 10.3. The Bertz CT molecular complexity index is 190. The number of amides is 1. The molecule has 0 saturated carbocycles. The quantitative estimate of drug-likeness (QED) is 0.522. The minimum absolute atomic E-state index is 0.245. The predicted molar refractivity (Wildman–Crippen MR) is 37.8 cm³/mol. The van der Waals surface area contributed by atoms with Crippen LogP contribution in [-0.2, 0) is 14.5 Å². The second kappa shape index (κ2) is 3.34. The number of hydrogen-bond acceptors (Lipinski definition) is 4. The molecule has 62 valence electrons. The van der Waals surface area contributed by atoms with E-state index < -0.39 is 0 Å². The molecule has 1 heterocycles. The molecule has 5 heteroatoms. The van der Waals surface area contributed by atoms with Crippen LogP contribution < -0.4 is 0 Å². The van der Waals surface area contributed by atoms with Crippen molar-refractivity contribution >= 4 is 11.6 Å². The molecule has 0 N–H and O–H groups in total. The lowest BCUT2D eigenvalue weighted by molar-refractivity contribution is -0.160. The van der Waals surface area contributed by atoms with Crippen LogP contribution in [-0.4, -0.2) is 37.4 Å². The fraction of sp³-hybridized carbons (Fsp3) is 0.667. The average molecular weight is 158 g/mol. The molecule has 0 aliphatic carbocycles. The van der Waals surface area contributed by atoms with Crippen LogP contribution in [0.3, 0.4) is 0 Å². The molecular weight excluding hydrogens is 148 g/mol. The summed E-state index contributed by atoms with van der Waals surface area (Å²) in [6.07, 6.45) is 0.562. The highest BCUT2D eigenvalue weighted by molar-refractivity contribution is 6.38. The number of rotatable bonds is 2. The Morgan fingerprint density at radius 1 is 1.82 bits per heavy atom. The minimum Gasteiger partial charge on any atom is -0.395 e. The van der Waals surface area contributed by atoms with E-state index in [1.54, 1.807) is 0 Å². The highest BCUT2D eigenvalue weighted by atomic mass is 16.7. The summed E-state index contributed by atoms with van der Waals surface area (Å²) < 4.78 is 0. The zero-order valence-corrected chi connectivity index (χ0v) is 6.53. The van der Waals surface area contributed by atoms with Gasteiger partial charge in [-0.25, -0.2) is 5.06 Å². The zero-order valence-electron chi connectivity index (χ0n) is 6.53. The smallest absolute Gasteiger partial charge is 0.295 e. The summed E-state index contributed by atoms with van der Waals surface area (Å²) in [4.78, 5) is 20.5. The number of carbonyl (C=O) groups is 1. The van der Waals surface area contributed by atoms with Crippen molar-refractivity contribution in [2.24, 2.45) is 5.16 Å². The Balaban J connectivity index is 2.53. The van der Waals surface area contributed by atoms with E-state index in [4.69, 9.17) is 0 Å². The Labute approximate surface area is 64.5 Å². The van der Waals surface area contributed by atoms with Crippen molar-refractivity contribution < 1.29 is 14.5 Å².